The predicted molar refractivity (Wildman–Crippen MR) is 62.3 cm³/mol. The maximum Gasteiger partial charge on any atom is 0.201 e. The lowest BCUT2D eigenvalue weighted by Crippen LogP contribution is -2.42. The van der Waals surface area contributed by atoms with E-state index in [9.17, 15) is 0 Å². The van der Waals surface area contributed by atoms with Crippen molar-refractivity contribution in [3.8, 4) is 0 Å². The molecule has 15 heavy (non-hydrogen) atoms. The fraction of sp³-hybridized carbons (Fsp3) is 0.917. The van der Waals surface area contributed by atoms with Crippen LogP contribution in [0, 0.1) is 5.41 Å². The van der Waals surface area contributed by atoms with Crippen molar-refractivity contribution >= 4 is 5.90 Å². The summed E-state index contributed by atoms with van der Waals surface area (Å²) in [4.78, 5) is 4.54. The quantitative estimate of drug-likeness (QED) is 0.718. The number of nitrogens with one attached hydrogen (secondary N) is 1. The summed E-state index contributed by atoms with van der Waals surface area (Å²) in [6.45, 7) is 8.57. The maximum atomic E-state index is 5.95. The Labute approximate surface area is 92.3 Å². The lowest BCUT2D eigenvalue weighted by atomic mass is 9.89. The second-order valence-corrected chi connectivity index (χ2v) is 5.65. The van der Waals surface area contributed by atoms with Crippen LogP contribution in [0.3, 0.4) is 0 Å². The zero-order chi connectivity index (χ0) is 10.9. The Balaban J connectivity index is 1.91. The molecule has 0 spiro atoms. The minimum absolute atomic E-state index is 0.194. The van der Waals surface area contributed by atoms with E-state index in [2.05, 4.69) is 31.1 Å². The van der Waals surface area contributed by atoms with Crippen molar-refractivity contribution in [1.82, 2.24) is 5.32 Å². The SMILES string of the molecule is CC(C)(C)C1CN=C(C2CCCCN2)O1. The number of aliphatic imine (C=N–C) groups is 1. The van der Waals surface area contributed by atoms with Crippen LogP contribution < -0.4 is 5.32 Å². The molecule has 3 nitrogen and oxygen atoms in total. The fourth-order valence-corrected chi connectivity index (χ4v) is 2.10. The summed E-state index contributed by atoms with van der Waals surface area (Å²) in [6, 6.07) is 0.381. The van der Waals surface area contributed by atoms with E-state index in [-0.39, 0.29) is 11.5 Å². The van der Waals surface area contributed by atoms with E-state index in [0.717, 1.165) is 19.0 Å². The molecular formula is C12H22N2O. The molecule has 0 radical (unpaired) electrons. The Bertz CT molecular complexity index is 249. The molecule has 3 heteroatoms. The van der Waals surface area contributed by atoms with Crippen LogP contribution in [0.2, 0.25) is 0 Å². The number of nitrogens with zero attached hydrogens (tertiary/aromatic N) is 1. The number of ether oxygens (including phenoxy) is 1. The minimum atomic E-state index is 0.194. The Morgan fingerprint density at radius 1 is 1.33 bits per heavy atom. The van der Waals surface area contributed by atoms with Gasteiger partial charge in [-0.2, -0.15) is 0 Å². The standard InChI is InChI=1S/C12H22N2O/c1-12(2,3)10-8-14-11(15-10)9-6-4-5-7-13-9/h9-10,13H,4-8H2,1-3H3. The van der Waals surface area contributed by atoms with E-state index in [1.165, 1.54) is 19.3 Å². The van der Waals surface area contributed by atoms with Crippen LogP contribution in [-0.4, -0.2) is 31.1 Å². The van der Waals surface area contributed by atoms with Gasteiger partial charge in [-0.05, 0) is 19.4 Å². The molecule has 2 atom stereocenters. The summed E-state index contributed by atoms with van der Waals surface area (Å²) in [5.74, 6) is 0.953. The molecule has 0 amide bonds. The van der Waals surface area contributed by atoms with Crippen LogP contribution >= 0.6 is 0 Å². The van der Waals surface area contributed by atoms with Crippen LogP contribution in [0.1, 0.15) is 40.0 Å². The van der Waals surface area contributed by atoms with Crippen molar-refractivity contribution in [3.05, 3.63) is 0 Å². The third-order valence-electron chi connectivity index (χ3n) is 3.25. The first kappa shape index (κ1) is 10.9. The van der Waals surface area contributed by atoms with Crippen LogP contribution in [0.4, 0.5) is 0 Å². The van der Waals surface area contributed by atoms with Gasteiger partial charge in [-0.3, -0.25) is 4.99 Å². The highest BCUT2D eigenvalue weighted by Crippen LogP contribution is 2.27. The highest BCUT2D eigenvalue weighted by Gasteiger charge is 2.34. The van der Waals surface area contributed by atoms with Gasteiger partial charge in [0.15, 0.2) is 0 Å². The molecule has 1 fully saturated rings. The molecule has 2 aliphatic heterocycles. The maximum absolute atomic E-state index is 5.95. The van der Waals surface area contributed by atoms with Gasteiger partial charge in [0.1, 0.15) is 6.10 Å². The molecule has 2 rings (SSSR count). The highest BCUT2D eigenvalue weighted by atomic mass is 16.5. The van der Waals surface area contributed by atoms with E-state index in [0.29, 0.717) is 6.04 Å². The molecule has 0 aromatic rings. The van der Waals surface area contributed by atoms with Crippen LogP contribution in [-0.2, 0) is 4.74 Å². The predicted octanol–water partition coefficient (Wildman–Crippen LogP) is 1.97. The van der Waals surface area contributed by atoms with E-state index < -0.39 is 0 Å². The van der Waals surface area contributed by atoms with Crippen LogP contribution in [0.5, 0.6) is 0 Å². The summed E-state index contributed by atoms with van der Waals surface area (Å²) >= 11 is 0. The zero-order valence-corrected chi connectivity index (χ0v) is 10.0. The largest absolute Gasteiger partial charge is 0.474 e. The van der Waals surface area contributed by atoms with Crippen molar-refractivity contribution in [2.24, 2.45) is 10.4 Å². The molecule has 0 aliphatic carbocycles. The number of hydrogen-bond acceptors (Lipinski definition) is 3. The zero-order valence-electron chi connectivity index (χ0n) is 10.0. The van der Waals surface area contributed by atoms with Gasteiger partial charge in [0.25, 0.3) is 0 Å². The third-order valence-corrected chi connectivity index (χ3v) is 3.25. The second kappa shape index (κ2) is 4.12. The number of piperidine rings is 1. The number of rotatable bonds is 1. The first-order valence-electron chi connectivity index (χ1n) is 6.02. The fourth-order valence-electron chi connectivity index (χ4n) is 2.10. The number of hydrogen-bond donors (Lipinski definition) is 1. The second-order valence-electron chi connectivity index (χ2n) is 5.65. The average Bonchev–Trinajstić information content (AvgIpc) is 2.67. The molecule has 0 aromatic carbocycles. The Morgan fingerprint density at radius 2 is 2.13 bits per heavy atom. The highest BCUT2D eigenvalue weighted by molar-refractivity contribution is 5.83. The van der Waals surface area contributed by atoms with Gasteiger partial charge < -0.3 is 10.1 Å². The molecular weight excluding hydrogens is 188 g/mol. The Kier molecular flexibility index (Phi) is 3.01. The summed E-state index contributed by atoms with van der Waals surface area (Å²) in [7, 11) is 0. The summed E-state index contributed by atoms with van der Waals surface area (Å²) in [5.41, 5.74) is 0.194. The lowest BCUT2D eigenvalue weighted by Gasteiger charge is -2.28. The van der Waals surface area contributed by atoms with Crippen molar-refractivity contribution in [3.63, 3.8) is 0 Å². The molecule has 86 valence electrons. The summed E-state index contributed by atoms with van der Waals surface area (Å²) < 4.78 is 5.95. The molecule has 2 unspecified atom stereocenters. The molecule has 0 aromatic heterocycles. The normalized spacial score (nSPS) is 32.3. The van der Waals surface area contributed by atoms with Gasteiger partial charge in [-0.25, -0.2) is 0 Å². The van der Waals surface area contributed by atoms with Gasteiger partial charge in [-0.15, -0.1) is 0 Å². The molecule has 2 heterocycles. The summed E-state index contributed by atoms with van der Waals surface area (Å²) in [5, 5.41) is 3.48. The van der Waals surface area contributed by atoms with Gasteiger partial charge in [-0.1, -0.05) is 27.2 Å². The van der Waals surface area contributed by atoms with Gasteiger partial charge in [0.05, 0.1) is 12.6 Å². The molecule has 0 bridgehead atoms. The molecule has 0 saturated carbocycles. The third kappa shape index (κ3) is 2.51. The average molecular weight is 210 g/mol. The Morgan fingerprint density at radius 3 is 2.67 bits per heavy atom. The minimum Gasteiger partial charge on any atom is -0.474 e. The van der Waals surface area contributed by atoms with Crippen molar-refractivity contribution in [1.29, 1.82) is 0 Å². The molecule has 1 N–H and O–H groups in total. The van der Waals surface area contributed by atoms with Crippen molar-refractivity contribution in [2.75, 3.05) is 13.1 Å². The monoisotopic (exact) mass is 210 g/mol. The van der Waals surface area contributed by atoms with E-state index in [1.54, 1.807) is 0 Å². The molecule has 2 aliphatic rings. The van der Waals surface area contributed by atoms with Crippen LogP contribution in [0.25, 0.3) is 0 Å². The lowest BCUT2D eigenvalue weighted by molar-refractivity contribution is 0.0964. The smallest absolute Gasteiger partial charge is 0.201 e. The van der Waals surface area contributed by atoms with Gasteiger partial charge in [0.2, 0.25) is 5.90 Å². The first-order chi connectivity index (χ1) is 7.07. The topological polar surface area (TPSA) is 33.6 Å². The summed E-state index contributed by atoms with van der Waals surface area (Å²) in [6.07, 6.45) is 4.01. The van der Waals surface area contributed by atoms with Crippen molar-refractivity contribution in [2.45, 2.75) is 52.2 Å². The van der Waals surface area contributed by atoms with Crippen molar-refractivity contribution < 1.29 is 4.74 Å². The van der Waals surface area contributed by atoms with Crippen LogP contribution in [0.15, 0.2) is 4.99 Å². The van der Waals surface area contributed by atoms with E-state index in [1.807, 2.05) is 0 Å². The van der Waals surface area contributed by atoms with E-state index >= 15 is 0 Å². The van der Waals surface area contributed by atoms with Gasteiger partial charge in [0, 0.05) is 5.41 Å². The van der Waals surface area contributed by atoms with Gasteiger partial charge >= 0.3 is 0 Å². The first-order valence-corrected chi connectivity index (χ1v) is 6.02. The Hall–Kier alpha value is -0.570. The van der Waals surface area contributed by atoms with E-state index in [4.69, 9.17) is 4.74 Å². The molecule has 1 saturated heterocycles.